The monoisotopic (exact) mass is 408 g/mol. The number of nitrogens with one attached hydrogen (secondary N) is 1. The number of piperidine rings is 1. The first kappa shape index (κ1) is 21.9. The van der Waals surface area contributed by atoms with Gasteiger partial charge >= 0.3 is 0 Å². The maximum absolute atomic E-state index is 12.4. The number of benzene rings is 2. The minimum Gasteiger partial charge on any atom is -0.493 e. The zero-order valence-corrected chi connectivity index (χ0v) is 18.0. The van der Waals surface area contributed by atoms with E-state index in [-0.39, 0.29) is 24.7 Å². The van der Waals surface area contributed by atoms with Crippen LogP contribution in [0, 0.1) is 11.8 Å². The Kier molecular flexibility index (Phi) is 7.89. The van der Waals surface area contributed by atoms with Crippen LogP contribution in [0.2, 0.25) is 0 Å². The predicted molar refractivity (Wildman–Crippen MR) is 119 cm³/mol. The van der Waals surface area contributed by atoms with E-state index in [2.05, 4.69) is 31.3 Å². The highest BCUT2D eigenvalue weighted by molar-refractivity contribution is 5.93. The molecule has 0 bridgehead atoms. The van der Waals surface area contributed by atoms with Crippen LogP contribution in [0.15, 0.2) is 54.6 Å². The van der Waals surface area contributed by atoms with Gasteiger partial charge < -0.3 is 15.0 Å². The highest BCUT2D eigenvalue weighted by Crippen LogP contribution is 2.22. The molecule has 2 atom stereocenters. The van der Waals surface area contributed by atoms with Gasteiger partial charge in [0.1, 0.15) is 5.75 Å². The van der Waals surface area contributed by atoms with Crippen molar-refractivity contribution in [2.75, 3.05) is 25.0 Å². The average molecular weight is 409 g/mol. The van der Waals surface area contributed by atoms with Crippen molar-refractivity contribution in [1.29, 1.82) is 0 Å². The normalized spacial score (nSPS) is 18.7. The molecular formula is C25H32N2O3. The van der Waals surface area contributed by atoms with Crippen LogP contribution in [0.1, 0.15) is 38.7 Å². The van der Waals surface area contributed by atoms with Crippen LogP contribution in [0.4, 0.5) is 5.69 Å². The average Bonchev–Trinajstić information content (AvgIpc) is 2.73. The van der Waals surface area contributed by atoms with Crippen molar-refractivity contribution in [3.63, 3.8) is 0 Å². The number of ether oxygens (including phenoxy) is 1. The molecule has 3 rings (SSSR count). The van der Waals surface area contributed by atoms with Crippen molar-refractivity contribution in [3.8, 4) is 5.75 Å². The Morgan fingerprint density at radius 2 is 1.63 bits per heavy atom. The Bertz CT molecular complexity index is 810. The van der Waals surface area contributed by atoms with E-state index in [0.717, 1.165) is 31.7 Å². The van der Waals surface area contributed by atoms with Crippen LogP contribution in [-0.4, -0.2) is 36.4 Å². The van der Waals surface area contributed by atoms with E-state index in [1.54, 1.807) is 0 Å². The first-order valence-electron chi connectivity index (χ1n) is 10.8. The molecule has 5 heteroatoms. The fourth-order valence-electron chi connectivity index (χ4n) is 4.03. The van der Waals surface area contributed by atoms with Gasteiger partial charge in [0, 0.05) is 38.0 Å². The van der Waals surface area contributed by atoms with E-state index in [0.29, 0.717) is 24.1 Å². The molecule has 2 amide bonds. The van der Waals surface area contributed by atoms with Crippen molar-refractivity contribution < 1.29 is 14.3 Å². The standard InChI is InChI=1S/C25H32N2O3/c1-19-16-20(2)18-27(17-19)25(29)13-12-24(28)26-22-8-10-23(11-9-22)30-15-14-21-6-4-3-5-7-21/h3-11,19-20H,12-18H2,1-2H3,(H,26,28)/t19-,20+. The summed E-state index contributed by atoms with van der Waals surface area (Å²) in [4.78, 5) is 26.6. The Labute approximate surface area is 179 Å². The summed E-state index contributed by atoms with van der Waals surface area (Å²) in [6, 6.07) is 17.6. The third-order valence-electron chi connectivity index (χ3n) is 5.43. The lowest BCUT2D eigenvalue weighted by Gasteiger charge is -2.35. The highest BCUT2D eigenvalue weighted by atomic mass is 16.5. The van der Waals surface area contributed by atoms with Crippen molar-refractivity contribution in [1.82, 2.24) is 4.90 Å². The maximum atomic E-state index is 12.4. The van der Waals surface area contributed by atoms with Crippen molar-refractivity contribution in [2.24, 2.45) is 11.8 Å². The molecule has 1 N–H and O–H groups in total. The van der Waals surface area contributed by atoms with Crippen molar-refractivity contribution in [2.45, 2.75) is 39.5 Å². The summed E-state index contributed by atoms with van der Waals surface area (Å²) in [6.07, 6.45) is 2.47. The molecule has 1 heterocycles. The number of amides is 2. The van der Waals surface area contributed by atoms with E-state index in [1.165, 1.54) is 5.56 Å². The lowest BCUT2D eigenvalue weighted by atomic mass is 9.91. The quantitative estimate of drug-likeness (QED) is 0.698. The Morgan fingerprint density at radius 1 is 0.967 bits per heavy atom. The molecule has 2 aromatic carbocycles. The Hall–Kier alpha value is -2.82. The largest absolute Gasteiger partial charge is 0.493 e. The van der Waals surface area contributed by atoms with Crippen LogP contribution < -0.4 is 10.1 Å². The number of anilines is 1. The first-order valence-corrected chi connectivity index (χ1v) is 10.8. The fraction of sp³-hybridized carbons (Fsp3) is 0.440. The van der Waals surface area contributed by atoms with Gasteiger partial charge in [0.25, 0.3) is 0 Å². The number of carbonyl (C=O) groups excluding carboxylic acids is 2. The van der Waals surface area contributed by atoms with Gasteiger partial charge in [0.15, 0.2) is 0 Å². The third-order valence-corrected chi connectivity index (χ3v) is 5.43. The summed E-state index contributed by atoms with van der Waals surface area (Å²) < 4.78 is 5.77. The van der Waals surface area contributed by atoms with E-state index in [1.807, 2.05) is 47.4 Å². The van der Waals surface area contributed by atoms with E-state index < -0.39 is 0 Å². The summed E-state index contributed by atoms with van der Waals surface area (Å²) in [5, 5.41) is 2.86. The molecule has 1 aliphatic rings. The number of nitrogens with zero attached hydrogens (tertiary/aromatic N) is 1. The predicted octanol–water partition coefficient (Wildman–Crippen LogP) is 4.53. The van der Waals surface area contributed by atoms with Gasteiger partial charge in [-0.05, 0) is 48.1 Å². The molecule has 30 heavy (non-hydrogen) atoms. The number of rotatable bonds is 8. The Balaban J connectivity index is 1.38. The molecule has 160 valence electrons. The lowest BCUT2D eigenvalue weighted by molar-refractivity contribution is -0.135. The van der Waals surface area contributed by atoms with Gasteiger partial charge in [-0.3, -0.25) is 9.59 Å². The van der Waals surface area contributed by atoms with Gasteiger partial charge in [-0.2, -0.15) is 0 Å². The van der Waals surface area contributed by atoms with E-state index in [9.17, 15) is 9.59 Å². The van der Waals surface area contributed by atoms with Crippen molar-refractivity contribution in [3.05, 3.63) is 60.2 Å². The highest BCUT2D eigenvalue weighted by Gasteiger charge is 2.25. The lowest BCUT2D eigenvalue weighted by Crippen LogP contribution is -2.42. The van der Waals surface area contributed by atoms with Gasteiger partial charge in [-0.25, -0.2) is 0 Å². The molecule has 0 spiro atoms. The number of carbonyl (C=O) groups is 2. The molecule has 0 radical (unpaired) electrons. The number of hydrogen-bond donors (Lipinski definition) is 1. The summed E-state index contributed by atoms with van der Waals surface area (Å²) in [6.45, 7) is 6.56. The van der Waals surface area contributed by atoms with Crippen molar-refractivity contribution >= 4 is 17.5 Å². The van der Waals surface area contributed by atoms with Gasteiger partial charge in [0.2, 0.25) is 11.8 Å². The number of hydrogen-bond acceptors (Lipinski definition) is 3. The summed E-state index contributed by atoms with van der Waals surface area (Å²) in [5.41, 5.74) is 1.95. The minimum atomic E-state index is -0.140. The molecule has 1 saturated heterocycles. The SMILES string of the molecule is C[C@@H]1C[C@H](C)CN(C(=O)CCC(=O)Nc2ccc(OCCc3ccccc3)cc2)C1. The number of likely N-dealkylation sites (tertiary alicyclic amines) is 1. The topological polar surface area (TPSA) is 58.6 Å². The summed E-state index contributed by atoms with van der Waals surface area (Å²) in [5.74, 6) is 1.76. The maximum Gasteiger partial charge on any atom is 0.224 e. The molecule has 1 fully saturated rings. The first-order chi connectivity index (χ1) is 14.5. The molecule has 0 aromatic heterocycles. The molecular weight excluding hydrogens is 376 g/mol. The van der Waals surface area contributed by atoms with Crippen LogP contribution in [0.25, 0.3) is 0 Å². The molecule has 1 aliphatic heterocycles. The van der Waals surface area contributed by atoms with Crippen LogP contribution in [-0.2, 0) is 16.0 Å². The fourth-order valence-corrected chi connectivity index (χ4v) is 4.03. The van der Waals surface area contributed by atoms with Crippen LogP contribution >= 0.6 is 0 Å². The van der Waals surface area contributed by atoms with Gasteiger partial charge in [-0.15, -0.1) is 0 Å². The smallest absolute Gasteiger partial charge is 0.224 e. The minimum absolute atomic E-state index is 0.0747. The summed E-state index contributed by atoms with van der Waals surface area (Å²) >= 11 is 0. The summed E-state index contributed by atoms with van der Waals surface area (Å²) in [7, 11) is 0. The van der Waals surface area contributed by atoms with Gasteiger partial charge in [0.05, 0.1) is 6.61 Å². The molecule has 0 unspecified atom stereocenters. The molecule has 5 nitrogen and oxygen atoms in total. The zero-order chi connectivity index (χ0) is 21.3. The zero-order valence-electron chi connectivity index (χ0n) is 18.0. The van der Waals surface area contributed by atoms with Crippen LogP contribution in [0.3, 0.4) is 0 Å². The van der Waals surface area contributed by atoms with E-state index >= 15 is 0 Å². The van der Waals surface area contributed by atoms with Gasteiger partial charge in [-0.1, -0.05) is 44.2 Å². The second-order valence-electron chi connectivity index (χ2n) is 8.40. The molecule has 0 aliphatic carbocycles. The molecule has 0 saturated carbocycles. The van der Waals surface area contributed by atoms with E-state index in [4.69, 9.17) is 4.74 Å². The second kappa shape index (κ2) is 10.8. The third kappa shape index (κ3) is 6.90. The molecule has 2 aromatic rings. The second-order valence-corrected chi connectivity index (χ2v) is 8.40. The van der Waals surface area contributed by atoms with Crippen LogP contribution in [0.5, 0.6) is 5.75 Å². The Morgan fingerprint density at radius 3 is 2.30 bits per heavy atom.